The molecule has 0 aromatic rings. The zero-order valence-electron chi connectivity index (χ0n) is 10.8. The number of piperidine rings is 1. The van der Waals surface area contributed by atoms with E-state index >= 15 is 0 Å². The zero-order valence-corrected chi connectivity index (χ0v) is 10.8. The molecule has 1 atom stereocenters. The first-order valence-electron chi connectivity index (χ1n) is 6.63. The normalized spacial score (nSPS) is 31.3. The van der Waals surface area contributed by atoms with Gasteiger partial charge in [0, 0.05) is 13.5 Å². The molecule has 2 fully saturated rings. The molecule has 4 heteroatoms. The van der Waals surface area contributed by atoms with Crippen molar-refractivity contribution in [2.24, 2.45) is 11.3 Å². The van der Waals surface area contributed by atoms with Crippen LogP contribution in [0.2, 0.25) is 0 Å². The monoisotopic (exact) mass is 238 g/mol. The molecule has 96 valence electrons. The van der Waals surface area contributed by atoms with Gasteiger partial charge >= 0.3 is 0 Å². The molecule has 2 aliphatic rings. The van der Waals surface area contributed by atoms with Gasteiger partial charge in [0.2, 0.25) is 11.8 Å². The van der Waals surface area contributed by atoms with Crippen molar-refractivity contribution in [2.45, 2.75) is 39.0 Å². The molecule has 0 aliphatic carbocycles. The van der Waals surface area contributed by atoms with Gasteiger partial charge in [-0.1, -0.05) is 13.3 Å². The van der Waals surface area contributed by atoms with Crippen molar-refractivity contribution in [1.29, 1.82) is 0 Å². The number of carbonyl (C=O) groups is 2. The minimum Gasteiger partial charge on any atom is -0.317 e. The first-order valence-corrected chi connectivity index (χ1v) is 6.63. The van der Waals surface area contributed by atoms with E-state index in [1.165, 1.54) is 4.90 Å². The fourth-order valence-electron chi connectivity index (χ4n) is 3.45. The van der Waals surface area contributed by atoms with Crippen molar-refractivity contribution in [3.63, 3.8) is 0 Å². The third kappa shape index (κ3) is 1.99. The lowest BCUT2D eigenvalue weighted by atomic mass is 9.67. The van der Waals surface area contributed by atoms with Gasteiger partial charge in [-0.3, -0.25) is 14.5 Å². The molecule has 0 saturated carbocycles. The highest BCUT2D eigenvalue weighted by molar-refractivity contribution is 6.05. The fourth-order valence-corrected chi connectivity index (χ4v) is 3.45. The van der Waals surface area contributed by atoms with Crippen molar-refractivity contribution in [2.75, 3.05) is 20.1 Å². The van der Waals surface area contributed by atoms with Crippen molar-refractivity contribution in [3.8, 4) is 0 Å². The number of nitrogens with one attached hydrogen (secondary N) is 1. The first-order chi connectivity index (χ1) is 8.12. The molecule has 0 spiro atoms. The maximum atomic E-state index is 12.4. The summed E-state index contributed by atoms with van der Waals surface area (Å²) in [4.78, 5) is 25.6. The van der Waals surface area contributed by atoms with E-state index in [1.807, 2.05) is 0 Å². The predicted molar refractivity (Wildman–Crippen MR) is 65.3 cm³/mol. The minimum atomic E-state index is -0.386. The maximum Gasteiger partial charge on any atom is 0.235 e. The number of hydrogen-bond acceptors (Lipinski definition) is 3. The van der Waals surface area contributed by atoms with Crippen LogP contribution in [0.25, 0.3) is 0 Å². The van der Waals surface area contributed by atoms with Crippen LogP contribution in [0.1, 0.15) is 39.0 Å². The third-order valence-electron chi connectivity index (χ3n) is 4.39. The van der Waals surface area contributed by atoms with Crippen molar-refractivity contribution < 1.29 is 9.59 Å². The molecule has 2 saturated heterocycles. The smallest absolute Gasteiger partial charge is 0.235 e. The molecule has 2 amide bonds. The Labute approximate surface area is 103 Å². The van der Waals surface area contributed by atoms with Crippen molar-refractivity contribution >= 4 is 11.8 Å². The minimum absolute atomic E-state index is 0.00184. The summed E-state index contributed by atoms with van der Waals surface area (Å²) in [6.45, 7) is 4.04. The fraction of sp³-hybridized carbons (Fsp3) is 0.846. The molecular formula is C13H22N2O2. The Kier molecular flexibility index (Phi) is 3.52. The lowest BCUT2D eigenvalue weighted by molar-refractivity contribution is -0.142. The average Bonchev–Trinajstić information content (AvgIpc) is 2.57. The summed E-state index contributed by atoms with van der Waals surface area (Å²) in [6.07, 6.45) is 4.30. The lowest BCUT2D eigenvalue weighted by Gasteiger charge is -2.37. The van der Waals surface area contributed by atoms with E-state index in [-0.39, 0.29) is 17.2 Å². The quantitative estimate of drug-likeness (QED) is 0.751. The van der Waals surface area contributed by atoms with Gasteiger partial charge in [0.05, 0.1) is 5.41 Å². The number of likely N-dealkylation sites (tertiary alicyclic amines) is 1. The summed E-state index contributed by atoms with van der Waals surface area (Å²) in [7, 11) is 1.63. The summed E-state index contributed by atoms with van der Waals surface area (Å²) in [5.41, 5.74) is -0.386. The van der Waals surface area contributed by atoms with Crippen LogP contribution in [0.5, 0.6) is 0 Å². The van der Waals surface area contributed by atoms with Crippen LogP contribution in [-0.2, 0) is 9.59 Å². The summed E-state index contributed by atoms with van der Waals surface area (Å²) in [6, 6.07) is 0. The molecule has 0 aromatic carbocycles. The Morgan fingerprint density at radius 2 is 2.00 bits per heavy atom. The molecule has 17 heavy (non-hydrogen) atoms. The van der Waals surface area contributed by atoms with Gasteiger partial charge < -0.3 is 5.32 Å². The van der Waals surface area contributed by atoms with E-state index in [0.717, 1.165) is 38.8 Å². The van der Waals surface area contributed by atoms with Crippen LogP contribution in [0.15, 0.2) is 0 Å². The van der Waals surface area contributed by atoms with E-state index < -0.39 is 0 Å². The highest BCUT2D eigenvalue weighted by atomic mass is 16.2. The zero-order chi connectivity index (χ0) is 12.5. The molecule has 0 radical (unpaired) electrons. The number of hydrogen-bond donors (Lipinski definition) is 1. The Bertz CT molecular complexity index is 323. The van der Waals surface area contributed by atoms with Crippen LogP contribution < -0.4 is 5.32 Å². The van der Waals surface area contributed by atoms with E-state index in [0.29, 0.717) is 12.3 Å². The van der Waals surface area contributed by atoms with Gasteiger partial charge in [0.25, 0.3) is 0 Å². The Balaban J connectivity index is 2.25. The van der Waals surface area contributed by atoms with Gasteiger partial charge in [-0.2, -0.15) is 0 Å². The second-order valence-electron chi connectivity index (χ2n) is 5.37. The molecule has 4 nitrogen and oxygen atoms in total. The van der Waals surface area contributed by atoms with E-state index in [9.17, 15) is 9.59 Å². The van der Waals surface area contributed by atoms with E-state index in [4.69, 9.17) is 0 Å². The summed E-state index contributed by atoms with van der Waals surface area (Å²) >= 11 is 0. The van der Waals surface area contributed by atoms with Gasteiger partial charge in [-0.05, 0) is 38.3 Å². The standard InChI is InChI=1S/C13H22N2O2/c1-3-6-13(10-4-7-14-8-5-10)9-11(16)15(2)12(13)17/h10,14H,3-9H2,1-2H3. The highest BCUT2D eigenvalue weighted by Crippen LogP contribution is 2.46. The topological polar surface area (TPSA) is 49.4 Å². The third-order valence-corrected chi connectivity index (χ3v) is 4.39. The van der Waals surface area contributed by atoms with Crippen LogP contribution >= 0.6 is 0 Å². The second kappa shape index (κ2) is 4.77. The molecule has 2 aliphatic heterocycles. The maximum absolute atomic E-state index is 12.4. The predicted octanol–water partition coefficient (Wildman–Crippen LogP) is 1.16. The van der Waals surface area contributed by atoms with Gasteiger partial charge in [0.1, 0.15) is 0 Å². The molecule has 0 aromatic heterocycles. The van der Waals surface area contributed by atoms with Gasteiger partial charge in [-0.15, -0.1) is 0 Å². The number of nitrogens with zero attached hydrogens (tertiary/aromatic N) is 1. The van der Waals surface area contributed by atoms with Gasteiger partial charge in [-0.25, -0.2) is 0 Å². The van der Waals surface area contributed by atoms with Crippen LogP contribution in [0, 0.1) is 11.3 Å². The largest absolute Gasteiger partial charge is 0.317 e. The average molecular weight is 238 g/mol. The summed E-state index contributed by atoms with van der Waals surface area (Å²) in [5, 5.41) is 3.32. The number of carbonyl (C=O) groups excluding carboxylic acids is 2. The van der Waals surface area contributed by atoms with Gasteiger partial charge in [0.15, 0.2) is 0 Å². The highest BCUT2D eigenvalue weighted by Gasteiger charge is 2.53. The lowest BCUT2D eigenvalue weighted by Crippen LogP contribution is -2.43. The molecule has 2 rings (SSSR count). The molecule has 1 unspecified atom stereocenters. The number of rotatable bonds is 3. The van der Waals surface area contributed by atoms with Crippen LogP contribution in [0.4, 0.5) is 0 Å². The summed E-state index contributed by atoms with van der Waals surface area (Å²) in [5.74, 6) is 0.448. The van der Waals surface area contributed by atoms with Crippen LogP contribution in [-0.4, -0.2) is 36.9 Å². The SMILES string of the molecule is CCCC1(C2CCNCC2)CC(=O)N(C)C1=O. The van der Waals surface area contributed by atoms with Crippen molar-refractivity contribution in [1.82, 2.24) is 10.2 Å². The molecular weight excluding hydrogens is 216 g/mol. The molecule has 0 bridgehead atoms. The Hall–Kier alpha value is -0.900. The van der Waals surface area contributed by atoms with E-state index in [1.54, 1.807) is 7.05 Å². The number of imide groups is 1. The molecule has 1 N–H and O–H groups in total. The Morgan fingerprint density at radius 1 is 1.35 bits per heavy atom. The Morgan fingerprint density at radius 3 is 2.47 bits per heavy atom. The number of amides is 2. The van der Waals surface area contributed by atoms with E-state index in [2.05, 4.69) is 12.2 Å². The first kappa shape index (κ1) is 12.6. The second-order valence-corrected chi connectivity index (χ2v) is 5.37. The molecule has 2 heterocycles. The van der Waals surface area contributed by atoms with Crippen molar-refractivity contribution in [3.05, 3.63) is 0 Å². The summed E-state index contributed by atoms with van der Waals surface area (Å²) < 4.78 is 0. The van der Waals surface area contributed by atoms with Crippen LogP contribution in [0.3, 0.4) is 0 Å².